The molecule has 0 aliphatic heterocycles. The first-order valence-corrected chi connectivity index (χ1v) is 8.16. The molecular weight excluding hydrogens is 328 g/mol. The second-order valence-electron chi connectivity index (χ2n) is 5.98. The highest BCUT2D eigenvalue weighted by Gasteiger charge is 2.09. The zero-order chi connectivity index (χ0) is 18.1. The number of aromatic carboxylic acids is 1. The van der Waals surface area contributed by atoms with E-state index in [4.69, 9.17) is 9.15 Å². The summed E-state index contributed by atoms with van der Waals surface area (Å²) in [5.41, 5.74) is 3.83. The summed E-state index contributed by atoms with van der Waals surface area (Å²) in [6.07, 6.45) is 0. The van der Waals surface area contributed by atoms with E-state index in [1.54, 1.807) is 25.3 Å². The lowest BCUT2D eigenvalue weighted by atomic mass is 10.0. The molecule has 4 aromatic rings. The van der Waals surface area contributed by atoms with Crippen LogP contribution in [0.5, 0.6) is 5.75 Å². The summed E-state index contributed by atoms with van der Waals surface area (Å²) >= 11 is 0. The Kier molecular flexibility index (Phi) is 3.93. The van der Waals surface area contributed by atoms with E-state index >= 15 is 0 Å². The van der Waals surface area contributed by atoms with E-state index in [0.717, 1.165) is 39.2 Å². The van der Waals surface area contributed by atoms with Crippen LogP contribution in [0.2, 0.25) is 0 Å². The summed E-state index contributed by atoms with van der Waals surface area (Å²) in [5.74, 6) is 0.641. The first-order chi connectivity index (χ1) is 12.6. The average molecular weight is 344 g/mol. The van der Waals surface area contributed by atoms with E-state index in [2.05, 4.69) is 0 Å². The normalized spacial score (nSPS) is 10.8. The third-order valence-corrected chi connectivity index (χ3v) is 4.33. The first-order valence-electron chi connectivity index (χ1n) is 8.16. The Balaban J connectivity index is 1.73. The molecule has 3 aromatic carbocycles. The van der Waals surface area contributed by atoms with Crippen molar-refractivity contribution in [1.82, 2.24) is 0 Å². The van der Waals surface area contributed by atoms with Crippen molar-refractivity contribution in [2.75, 3.05) is 7.11 Å². The monoisotopic (exact) mass is 344 g/mol. The molecule has 128 valence electrons. The highest BCUT2D eigenvalue weighted by molar-refractivity contribution is 5.91. The molecule has 0 aliphatic rings. The van der Waals surface area contributed by atoms with Gasteiger partial charge in [-0.25, -0.2) is 4.79 Å². The summed E-state index contributed by atoms with van der Waals surface area (Å²) in [7, 11) is 1.64. The van der Waals surface area contributed by atoms with Crippen LogP contribution in [-0.4, -0.2) is 18.2 Å². The number of benzene rings is 3. The molecular formula is C22H16O4. The molecule has 0 saturated heterocycles. The van der Waals surface area contributed by atoms with Crippen LogP contribution in [0, 0.1) is 0 Å². The summed E-state index contributed by atoms with van der Waals surface area (Å²) in [6.45, 7) is 0. The fraction of sp³-hybridized carbons (Fsp3) is 0.0455. The molecule has 26 heavy (non-hydrogen) atoms. The van der Waals surface area contributed by atoms with Gasteiger partial charge in [0.1, 0.15) is 17.1 Å². The average Bonchev–Trinajstić information content (AvgIpc) is 3.11. The van der Waals surface area contributed by atoms with Crippen molar-refractivity contribution < 1.29 is 19.1 Å². The molecule has 0 fully saturated rings. The summed E-state index contributed by atoms with van der Waals surface area (Å²) in [4.78, 5) is 11.2. The molecule has 0 atom stereocenters. The third kappa shape index (κ3) is 2.93. The largest absolute Gasteiger partial charge is 0.497 e. The van der Waals surface area contributed by atoms with Gasteiger partial charge in [0.05, 0.1) is 12.7 Å². The first kappa shape index (κ1) is 16.0. The number of ether oxygens (including phenoxy) is 1. The van der Waals surface area contributed by atoms with E-state index in [-0.39, 0.29) is 5.56 Å². The van der Waals surface area contributed by atoms with Crippen LogP contribution in [0.4, 0.5) is 0 Å². The fourth-order valence-corrected chi connectivity index (χ4v) is 2.95. The number of hydrogen-bond donors (Lipinski definition) is 1. The van der Waals surface area contributed by atoms with Crippen LogP contribution < -0.4 is 4.74 Å². The van der Waals surface area contributed by atoms with E-state index in [1.165, 1.54) is 0 Å². The standard InChI is InChI=1S/C22H16O4/c1-25-19-8-5-14(6-9-19)21-13-18-12-16(7-10-20(18)26-21)15-3-2-4-17(11-15)22(23)24/h2-13H,1H3,(H,23,24). The zero-order valence-corrected chi connectivity index (χ0v) is 14.1. The Morgan fingerprint density at radius 2 is 1.62 bits per heavy atom. The van der Waals surface area contributed by atoms with Crippen molar-refractivity contribution >= 4 is 16.9 Å². The minimum Gasteiger partial charge on any atom is -0.497 e. The maximum atomic E-state index is 11.2. The van der Waals surface area contributed by atoms with Crippen molar-refractivity contribution in [2.45, 2.75) is 0 Å². The van der Waals surface area contributed by atoms with Crippen LogP contribution in [0.3, 0.4) is 0 Å². The van der Waals surface area contributed by atoms with Gasteiger partial charge in [-0.2, -0.15) is 0 Å². The second-order valence-corrected chi connectivity index (χ2v) is 5.98. The Hall–Kier alpha value is -3.53. The minimum absolute atomic E-state index is 0.272. The van der Waals surface area contributed by atoms with E-state index in [1.807, 2.05) is 54.6 Å². The van der Waals surface area contributed by atoms with Crippen LogP contribution >= 0.6 is 0 Å². The molecule has 4 heteroatoms. The van der Waals surface area contributed by atoms with E-state index < -0.39 is 5.97 Å². The molecule has 1 N–H and O–H groups in total. The smallest absolute Gasteiger partial charge is 0.335 e. The molecule has 0 unspecified atom stereocenters. The molecule has 0 bridgehead atoms. The van der Waals surface area contributed by atoms with Crippen molar-refractivity contribution in [2.24, 2.45) is 0 Å². The van der Waals surface area contributed by atoms with Gasteiger partial charge in [-0.1, -0.05) is 18.2 Å². The highest BCUT2D eigenvalue weighted by atomic mass is 16.5. The molecule has 1 heterocycles. The van der Waals surface area contributed by atoms with Gasteiger partial charge >= 0.3 is 5.97 Å². The van der Waals surface area contributed by atoms with Gasteiger partial charge in [0.15, 0.2) is 0 Å². The lowest BCUT2D eigenvalue weighted by molar-refractivity contribution is 0.0697. The van der Waals surface area contributed by atoms with E-state index in [9.17, 15) is 9.90 Å². The van der Waals surface area contributed by atoms with Gasteiger partial charge in [0.25, 0.3) is 0 Å². The Labute approximate surface area is 150 Å². The predicted molar refractivity (Wildman–Crippen MR) is 101 cm³/mol. The number of carboxylic acids is 1. The van der Waals surface area contributed by atoms with Gasteiger partial charge in [-0.3, -0.25) is 0 Å². The number of hydrogen-bond acceptors (Lipinski definition) is 3. The quantitative estimate of drug-likeness (QED) is 0.533. The number of furan rings is 1. The predicted octanol–water partition coefficient (Wildman–Crippen LogP) is 5.47. The maximum Gasteiger partial charge on any atom is 0.335 e. The molecule has 4 rings (SSSR count). The molecule has 0 amide bonds. The summed E-state index contributed by atoms with van der Waals surface area (Å²) < 4.78 is 11.1. The van der Waals surface area contributed by atoms with Crippen LogP contribution in [0.15, 0.2) is 77.2 Å². The fourth-order valence-electron chi connectivity index (χ4n) is 2.95. The number of rotatable bonds is 4. The summed E-state index contributed by atoms with van der Waals surface area (Å²) in [5, 5.41) is 10.1. The van der Waals surface area contributed by atoms with Crippen LogP contribution in [0.1, 0.15) is 10.4 Å². The maximum absolute atomic E-state index is 11.2. The van der Waals surface area contributed by atoms with Gasteiger partial charge in [0.2, 0.25) is 0 Å². The molecule has 0 radical (unpaired) electrons. The second kappa shape index (κ2) is 6.41. The number of fused-ring (bicyclic) bond motifs is 1. The van der Waals surface area contributed by atoms with Crippen molar-refractivity contribution in [1.29, 1.82) is 0 Å². The van der Waals surface area contributed by atoms with Gasteiger partial charge < -0.3 is 14.3 Å². The van der Waals surface area contributed by atoms with Crippen molar-refractivity contribution in [3.63, 3.8) is 0 Å². The lowest BCUT2D eigenvalue weighted by Crippen LogP contribution is -1.95. The van der Waals surface area contributed by atoms with Crippen LogP contribution in [0.25, 0.3) is 33.4 Å². The molecule has 0 aliphatic carbocycles. The number of carbonyl (C=O) groups is 1. The highest BCUT2D eigenvalue weighted by Crippen LogP contribution is 2.32. The van der Waals surface area contributed by atoms with Crippen LogP contribution in [-0.2, 0) is 0 Å². The third-order valence-electron chi connectivity index (χ3n) is 4.33. The molecule has 0 spiro atoms. The minimum atomic E-state index is -0.932. The number of carboxylic acid groups (broad SMARTS) is 1. The molecule has 0 saturated carbocycles. The van der Waals surface area contributed by atoms with Gasteiger partial charge in [-0.05, 0) is 65.7 Å². The van der Waals surface area contributed by atoms with Crippen molar-refractivity contribution in [3.05, 3.63) is 78.4 Å². The van der Waals surface area contributed by atoms with Crippen molar-refractivity contribution in [3.8, 4) is 28.2 Å². The van der Waals surface area contributed by atoms with E-state index in [0.29, 0.717) is 0 Å². The SMILES string of the molecule is COc1ccc(-c2cc3cc(-c4cccc(C(=O)O)c4)ccc3o2)cc1. The Bertz CT molecular complexity index is 1090. The molecule has 4 nitrogen and oxygen atoms in total. The molecule has 1 aromatic heterocycles. The Morgan fingerprint density at radius 3 is 2.35 bits per heavy atom. The topological polar surface area (TPSA) is 59.7 Å². The Morgan fingerprint density at radius 1 is 0.885 bits per heavy atom. The van der Waals surface area contributed by atoms with Gasteiger partial charge in [-0.15, -0.1) is 0 Å². The summed E-state index contributed by atoms with van der Waals surface area (Å²) in [6, 6.07) is 22.4. The van der Waals surface area contributed by atoms with Gasteiger partial charge in [0, 0.05) is 10.9 Å². The zero-order valence-electron chi connectivity index (χ0n) is 14.1. The lowest BCUT2D eigenvalue weighted by Gasteiger charge is -2.03. The number of methoxy groups -OCH3 is 1.